The average Bonchev–Trinajstić information content (AvgIpc) is 2.93. The van der Waals surface area contributed by atoms with Gasteiger partial charge < -0.3 is 14.6 Å². The molecular weight excluding hydrogens is 478 g/mol. The highest BCUT2D eigenvalue weighted by atomic mass is 16.5. The predicted molar refractivity (Wildman–Crippen MR) is 145 cm³/mol. The number of Topliss-reactive ketones (excluding diaryl/α,β-unsaturated/α-hetero) is 1. The minimum absolute atomic E-state index is 0.00770. The number of allylic oxidation sites excluding steroid dienone is 1. The Bertz CT molecular complexity index is 1390. The smallest absolute Gasteiger partial charge is 0.336 e. The van der Waals surface area contributed by atoms with Gasteiger partial charge >= 0.3 is 5.97 Å². The first-order chi connectivity index (χ1) is 18.5. The molecule has 0 spiro atoms. The van der Waals surface area contributed by atoms with Gasteiger partial charge in [-0.1, -0.05) is 66.7 Å². The summed E-state index contributed by atoms with van der Waals surface area (Å²) in [6.07, 6.45) is 1.00. The Kier molecular flexibility index (Phi) is 7.40. The fraction of sp³-hybridized carbons (Fsp3) is 0.281. The molecule has 0 amide bonds. The van der Waals surface area contributed by atoms with Crippen LogP contribution in [0.3, 0.4) is 0 Å². The molecular formula is C32H31NO5. The summed E-state index contributed by atoms with van der Waals surface area (Å²) in [6.45, 7) is 4.13. The lowest BCUT2D eigenvalue weighted by Gasteiger charge is -2.38. The fourth-order valence-electron chi connectivity index (χ4n) is 5.56. The molecule has 3 aromatic rings. The van der Waals surface area contributed by atoms with Crippen LogP contribution >= 0.6 is 0 Å². The number of phenolic OH excluding ortho intramolecular Hbond substituents is 1. The van der Waals surface area contributed by atoms with Crippen molar-refractivity contribution in [3.05, 3.63) is 107 Å². The molecule has 1 N–H and O–H groups in total. The van der Waals surface area contributed by atoms with Crippen LogP contribution < -0.4 is 4.74 Å². The zero-order valence-electron chi connectivity index (χ0n) is 21.6. The number of nitrogens with zero attached hydrogens (tertiary/aromatic N) is 1. The number of phenols is 1. The van der Waals surface area contributed by atoms with Gasteiger partial charge in [-0.15, -0.1) is 0 Å². The highest BCUT2D eigenvalue weighted by Crippen LogP contribution is 2.47. The van der Waals surface area contributed by atoms with Gasteiger partial charge in [-0.25, -0.2) is 4.79 Å². The lowest BCUT2D eigenvalue weighted by Crippen LogP contribution is -2.41. The molecule has 2 aliphatic rings. The van der Waals surface area contributed by atoms with Gasteiger partial charge in [0, 0.05) is 23.7 Å². The Labute approximate surface area is 222 Å². The van der Waals surface area contributed by atoms with E-state index in [0.29, 0.717) is 42.0 Å². The highest BCUT2D eigenvalue weighted by molar-refractivity contribution is 6.12. The number of carbonyl (C=O) groups excluding carboxylic acids is 2. The predicted octanol–water partition coefficient (Wildman–Crippen LogP) is 6.11. The number of benzene rings is 3. The summed E-state index contributed by atoms with van der Waals surface area (Å²) in [6, 6.07) is 24.5. The third-order valence-electron chi connectivity index (χ3n) is 7.30. The Hall–Kier alpha value is -4.19. The highest BCUT2D eigenvalue weighted by Gasteiger charge is 2.46. The van der Waals surface area contributed by atoms with Crippen molar-refractivity contribution in [1.82, 2.24) is 0 Å². The van der Waals surface area contributed by atoms with E-state index in [-0.39, 0.29) is 24.1 Å². The number of fused-ring (bicyclic) bond motifs is 1. The van der Waals surface area contributed by atoms with Gasteiger partial charge in [-0.3, -0.25) is 9.79 Å². The molecule has 1 saturated carbocycles. The van der Waals surface area contributed by atoms with Crippen LogP contribution in [0.2, 0.25) is 0 Å². The summed E-state index contributed by atoms with van der Waals surface area (Å²) in [5.74, 6) is -1.27. The molecule has 1 fully saturated rings. The van der Waals surface area contributed by atoms with Gasteiger partial charge in [0.05, 0.1) is 18.1 Å². The number of aromatic hydroxyl groups is 1. The first-order valence-corrected chi connectivity index (χ1v) is 13.0. The standard InChI is InChI=1S/C32H31NO5/c1-3-37-28-18-23(14-15-26(28)34)30-29(32(36)38-19-21-10-6-4-7-11-21)20(2)33-25-16-24(17-27(35)31(25)30)22-12-8-5-9-13-22/h4-15,18,24,30-31,34H,3,16-17,19H2,1-2H3. The molecule has 0 bridgehead atoms. The summed E-state index contributed by atoms with van der Waals surface area (Å²) in [4.78, 5) is 32.2. The van der Waals surface area contributed by atoms with E-state index in [1.807, 2.05) is 67.6 Å². The number of rotatable bonds is 7. The van der Waals surface area contributed by atoms with Crippen LogP contribution in [0.5, 0.6) is 11.5 Å². The zero-order chi connectivity index (χ0) is 26.6. The molecule has 3 atom stereocenters. The summed E-state index contributed by atoms with van der Waals surface area (Å²) in [7, 11) is 0. The average molecular weight is 510 g/mol. The van der Waals surface area contributed by atoms with E-state index < -0.39 is 17.8 Å². The number of carbonyl (C=O) groups is 2. The summed E-state index contributed by atoms with van der Waals surface area (Å²) in [5, 5.41) is 10.3. The van der Waals surface area contributed by atoms with Crippen LogP contribution in [0, 0.1) is 5.92 Å². The Balaban J connectivity index is 1.55. The maximum atomic E-state index is 13.8. The first-order valence-electron chi connectivity index (χ1n) is 13.0. The molecule has 0 radical (unpaired) electrons. The maximum absolute atomic E-state index is 13.8. The fourth-order valence-corrected chi connectivity index (χ4v) is 5.56. The van der Waals surface area contributed by atoms with Crippen LogP contribution in [-0.4, -0.2) is 29.2 Å². The SMILES string of the molecule is CCOc1cc(C2C(C(=O)OCc3ccccc3)=C(C)N=C3CC(c4ccccc4)CC(=O)C32)ccc1O. The third kappa shape index (κ3) is 5.12. The zero-order valence-corrected chi connectivity index (χ0v) is 21.6. The van der Waals surface area contributed by atoms with E-state index in [1.54, 1.807) is 25.1 Å². The Morgan fingerprint density at radius 1 is 0.947 bits per heavy atom. The lowest BCUT2D eigenvalue weighted by atomic mass is 9.66. The van der Waals surface area contributed by atoms with Crippen LogP contribution in [0.25, 0.3) is 0 Å². The van der Waals surface area contributed by atoms with E-state index in [1.165, 1.54) is 0 Å². The van der Waals surface area contributed by atoms with Gasteiger partial charge in [0.1, 0.15) is 12.4 Å². The molecule has 5 rings (SSSR count). The second kappa shape index (κ2) is 11.1. The summed E-state index contributed by atoms with van der Waals surface area (Å²) in [5.41, 5.74) is 4.39. The topological polar surface area (TPSA) is 85.2 Å². The quantitative estimate of drug-likeness (QED) is 0.389. The van der Waals surface area contributed by atoms with Crippen LogP contribution in [-0.2, 0) is 20.9 Å². The summed E-state index contributed by atoms with van der Waals surface area (Å²) < 4.78 is 11.4. The van der Waals surface area contributed by atoms with Crippen molar-refractivity contribution in [2.45, 2.75) is 45.1 Å². The molecule has 1 aliphatic heterocycles. The number of hydrogen-bond donors (Lipinski definition) is 1. The van der Waals surface area contributed by atoms with Crippen LogP contribution in [0.15, 0.2) is 95.1 Å². The van der Waals surface area contributed by atoms with Gasteiger partial charge in [-0.05, 0) is 55.0 Å². The molecule has 1 heterocycles. The van der Waals surface area contributed by atoms with E-state index >= 15 is 0 Å². The number of esters is 1. The van der Waals surface area contributed by atoms with Crippen molar-refractivity contribution < 1.29 is 24.2 Å². The van der Waals surface area contributed by atoms with Crippen molar-refractivity contribution in [2.24, 2.45) is 10.9 Å². The minimum Gasteiger partial charge on any atom is -0.504 e. The molecule has 6 nitrogen and oxygen atoms in total. The maximum Gasteiger partial charge on any atom is 0.336 e. The number of ketones is 1. The molecule has 3 aromatic carbocycles. The normalized spacial score (nSPS) is 20.9. The molecule has 3 unspecified atom stereocenters. The molecule has 194 valence electrons. The Morgan fingerprint density at radius 3 is 2.37 bits per heavy atom. The van der Waals surface area contributed by atoms with E-state index in [4.69, 9.17) is 14.5 Å². The van der Waals surface area contributed by atoms with Crippen molar-refractivity contribution >= 4 is 17.5 Å². The molecule has 1 aliphatic carbocycles. The van der Waals surface area contributed by atoms with Crippen molar-refractivity contribution in [2.75, 3.05) is 6.61 Å². The van der Waals surface area contributed by atoms with Crippen molar-refractivity contribution in [1.29, 1.82) is 0 Å². The van der Waals surface area contributed by atoms with Crippen LogP contribution in [0.4, 0.5) is 0 Å². The van der Waals surface area contributed by atoms with E-state index in [2.05, 4.69) is 0 Å². The van der Waals surface area contributed by atoms with E-state index in [9.17, 15) is 14.7 Å². The largest absolute Gasteiger partial charge is 0.504 e. The minimum atomic E-state index is -0.588. The first kappa shape index (κ1) is 25.5. The van der Waals surface area contributed by atoms with Gasteiger partial charge in [0.2, 0.25) is 0 Å². The third-order valence-corrected chi connectivity index (χ3v) is 7.30. The summed E-state index contributed by atoms with van der Waals surface area (Å²) >= 11 is 0. The van der Waals surface area contributed by atoms with Crippen molar-refractivity contribution in [3.8, 4) is 11.5 Å². The lowest BCUT2D eigenvalue weighted by molar-refractivity contribution is -0.140. The monoisotopic (exact) mass is 509 g/mol. The molecule has 0 saturated heterocycles. The second-order valence-electron chi connectivity index (χ2n) is 9.76. The second-order valence-corrected chi connectivity index (χ2v) is 9.76. The van der Waals surface area contributed by atoms with Gasteiger partial charge in [-0.2, -0.15) is 0 Å². The molecule has 0 aromatic heterocycles. The molecule has 6 heteroatoms. The Morgan fingerprint density at radius 2 is 1.66 bits per heavy atom. The van der Waals surface area contributed by atoms with Crippen molar-refractivity contribution in [3.63, 3.8) is 0 Å². The van der Waals surface area contributed by atoms with Crippen LogP contribution in [0.1, 0.15) is 55.2 Å². The van der Waals surface area contributed by atoms with Gasteiger partial charge in [0.25, 0.3) is 0 Å². The number of hydrogen-bond acceptors (Lipinski definition) is 6. The number of aliphatic imine (C=N–C) groups is 1. The van der Waals surface area contributed by atoms with Gasteiger partial charge in [0.15, 0.2) is 11.5 Å². The number of ether oxygens (including phenoxy) is 2. The molecule has 38 heavy (non-hydrogen) atoms. The van der Waals surface area contributed by atoms with E-state index in [0.717, 1.165) is 16.8 Å².